The molecule has 2 unspecified atom stereocenters. The topological polar surface area (TPSA) is 67.2 Å². The van der Waals surface area contributed by atoms with Crippen LogP contribution in [-0.2, 0) is 4.79 Å². The highest BCUT2D eigenvalue weighted by molar-refractivity contribution is 5.79. The van der Waals surface area contributed by atoms with Crippen molar-refractivity contribution < 1.29 is 9.90 Å². The van der Waals surface area contributed by atoms with E-state index in [9.17, 15) is 9.90 Å². The summed E-state index contributed by atoms with van der Waals surface area (Å²) in [6.45, 7) is 4.63. The van der Waals surface area contributed by atoms with E-state index in [0.717, 1.165) is 18.4 Å². The molecule has 0 bridgehead atoms. The number of aryl methyl sites for hydroxylation is 1. The summed E-state index contributed by atoms with van der Waals surface area (Å²) in [7, 11) is 0. The van der Waals surface area contributed by atoms with Crippen molar-refractivity contribution in [3.8, 4) is 0 Å². The average molecular weight is 251 g/mol. The van der Waals surface area contributed by atoms with E-state index in [-0.39, 0.29) is 6.04 Å². The molecule has 1 aromatic heterocycles. The van der Waals surface area contributed by atoms with Gasteiger partial charge in [0.2, 0.25) is 0 Å². The summed E-state index contributed by atoms with van der Waals surface area (Å²) in [4.78, 5) is 11.6. The number of hydrogen-bond acceptors (Lipinski definition) is 3. The summed E-state index contributed by atoms with van der Waals surface area (Å²) in [5.41, 5.74) is 0.335. The predicted molar refractivity (Wildman–Crippen MR) is 68.5 cm³/mol. The molecular weight excluding hydrogens is 230 g/mol. The van der Waals surface area contributed by atoms with Crippen LogP contribution in [0.4, 0.5) is 0 Å². The van der Waals surface area contributed by atoms with Crippen molar-refractivity contribution in [3.63, 3.8) is 0 Å². The molecule has 0 amide bonds. The molecule has 2 N–H and O–H groups in total. The average Bonchev–Trinajstić information content (AvgIpc) is 2.76. The first-order valence-corrected chi connectivity index (χ1v) is 6.56. The van der Waals surface area contributed by atoms with Gasteiger partial charge >= 0.3 is 5.97 Å². The van der Waals surface area contributed by atoms with Crippen molar-refractivity contribution >= 4 is 5.97 Å². The van der Waals surface area contributed by atoms with Crippen LogP contribution < -0.4 is 5.32 Å². The van der Waals surface area contributed by atoms with E-state index in [1.165, 1.54) is 0 Å². The van der Waals surface area contributed by atoms with Gasteiger partial charge in [0.25, 0.3) is 0 Å². The Balaban J connectivity index is 2.18. The second kappa shape index (κ2) is 5.10. The van der Waals surface area contributed by atoms with E-state index in [2.05, 4.69) is 10.4 Å². The number of likely N-dealkylation sites (N-methyl/N-ethyl adjacent to an activating group) is 1. The van der Waals surface area contributed by atoms with E-state index < -0.39 is 11.5 Å². The summed E-state index contributed by atoms with van der Waals surface area (Å²) < 4.78 is 1.92. The summed E-state index contributed by atoms with van der Waals surface area (Å²) >= 11 is 0. The fourth-order valence-corrected chi connectivity index (χ4v) is 2.87. The van der Waals surface area contributed by atoms with Gasteiger partial charge in [0.1, 0.15) is 5.54 Å². The largest absolute Gasteiger partial charge is 0.480 e. The molecule has 100 valence electrons. The van der Waals surface area contributed by atoms with Crippen LogP contribution in [0.25, 0.3) is 0 Å². The van der Waals surface area contributed by atoms with Crippen LogP contribution in [0.15, 0.2) is 12.4 Å². The summed E-state index contributed by atoms with van der Waals surface area (Å²) in [6, 6.07) is 0.183. The van der Waals surface area contributed by atoms with Crippen LogP contribution >= 0.6 is 0 Å². The standard InChI is InChI=1S/C13H21N3O2/c1-3-14-13(12(17)18)6-4-5-11(7-13)16-9-10(2)8-15-16/h8-9,11,14H,3-7H2,1-2H3,(H,17,18). The lowest BCUT2D eigenvalue weighted by Gasteiger charge is -2.38. The van der Waals surface area contributed by atoms with Crippen molar-refractivity contribution in [1.29, 1.82) is 0 Å². The molecule has 1 aliphatic carbocycles. The maximum atomic E-state index is 11.6. The molecule has 2 atom stereocenters. The maximum absolute atomic E-state index is 11.6. The predicted octanol–water partition coefficient (Wildman–Crippen LogP) is 1.74. The first kappa shape index (κ1) is 13.1. The molecule has 5 nitrogen and oxygen atoms in total. The van der Waals surface area contributed by atoms with Gasteiger partial charge in [-0.15, -0.1) is 0 Å². The third-order valence-corrected chi connectivity index (χ3v) is 3.75. The van der Waals surface area contributed by atoms with Gasteiger partial charge in [-0.25, -0.2) is 0 Å². The monoisotopic (exact) mass is 251 g/mol. The normalized spacial score (nSPS) is 28.2. The smallest absolute Gasteiger partial charge is 0.323 e. The lowest BCUT2D eigenvalue weighted by atomic mass is 9.79. The van der Waals surface area contributed by atoms with Gasteiger partial charge in [-0.1, -0.05) is 6.92 Å². The van der Waals surface area contributed by atoms with E-state index >= 15 is 0 Å². The lowest BCUT2D eigenvalue weighted by Crippen LogP contribution is -2.55. The number of aliphatic carboxylic acids is 1. The molecule has 2 rings (SSSR count). The summed E-state index contributed by atoms with van der Waals surface area (Å²) in [5, 5.41) is 17.0. The van der Waals surface area contributed by atoms with E-state index in [1.807, 2.05) is 30.9 Å². The highest BCUT2D eigenvalue weighted by atomic mass is 16.4. The zero-order chi connectivity index (χ0) is 13.2. The number of carboxylic acid groups (broad SMARTS) is 1. The molecule has 0 radical (unpaired) electrons. The number of nitrogens with one attached hydrogen (secondary N) is 1. The Morgan fingerprint density at radius 3 is 3.06 bits per heavy atom. The van der Waals surface area contributed by atoms with Gasteiger partial charge in [0.05, 0.1) is 12.2 Å². The molecular formula is C13H21N3O2. The highest BCUT2D eigenvalue weighted by Gasteiger charge is 2.42. The van der Waals surface area contributed by atoms with Gasteiger partial charge in [-0.2, -0.15) is 5.10 Å². The first-order chi connectivity index (χ1) is 8.57. The Labute approximate surface area is 107 Å². The van der Waals surface area contributed by atoms with Crippen LogP contribution in [-0.4, -0.2) is 32.9 Å². The summed E-state index contributed by atoms with van der Waals surface area (Å²) in [5.74, 6) is -0.738. The van der Waals surface area contributed by atoms with Gasteiger partial charge in [0.15, 0.2) is 0 Å². The molecule has 1 aromatic rings. The van der Waals surface area contributed by atoms with E-state index in [0.29, 0.717) is 19.4 Å². The molecule has 0 spiro atoms. The second-order valence-electron chi connectivity index (χ2n) is 5.17. The Morgan fingerprint density at radius 1 is 1.72 bits per heavy atom. The van der Waals surface area contributed by atoms with Gasteiger partial charge in [0, 0.05) is 6.20 Å². The van der Waals surface area contributed by atoms with Gasteiger partial charge in [-0.3, -0.25) is 9.48 Å². The quantitative estimate of drug-likeness (QED) is 0.855. The molecule has 1 heterocycles. The number of rotatable bonds is 4. The number of nitrogens with zero attached hydrogens (tertiary/aromatic N) is 2. The summed E-state index contributed by atoms with van der Waals surface area (Å²) in [6.07, 6.45) is 7.05. The molecule has 0 aromatic carbocycles. The molecule has 18 heavy (non-hydrogen) atoms. The molecule has 1 fully saturated rings. The molecule has 0 aliphatic heterocycles. The maximum Gasteiger partial charge on any atom is 0.323 e. The Hall–Kier alpha value is -1.36. The fourth-order valence-electron chi connectivity index (χ4n) is 2.87. The zero-order valence-electron chi connectivity index (χ0n) is 11.0. The Bertz CT molecular complexity index is 426. The minimum atomic E-state index is -0.780. The second-order valence-corrected chi connectivity index (χ2v) is 5.17. The minimum Gasteiger partial charge on any atom is -0.480 e. The minimum absolute atomic E-state index is 0.183. The van der Waals surface area contributed by atoms with Crippen molar-refractivity contribution in [3.05, 3.63) is 18.0 Å². The van der Waals surface area contributed by atoms with Gasteiger partial charge < -0.3 is 10.4 Å². The van der Waals surface area contributed by atoms with E-state index in [1.54, 1.807) is 0 Å². The molecule has 5 heteroatoms. The van der Waals surface area contributed by atoms with Crippen molar-refractivity contribution in [1.82, 2.24) is 15.1 Å². The lowest BCUT2D eigenvalue weighted by molar-refractivity contribution is -0.147. The first-order valence-electron chi connectivity index (χ1n) is 6.56. The molecule has 0 saturated heterocycles. The highest BCUT2D eigenvalue weighted by Crippen LogP contribution is 2.35. The van der Waals surface area contributed by atoms with Crippen LogP contribution in [0.2, 0.25) is 0 Å². The van der Waals surface area contributed by atoms with Crippen molar-refractivity contribution in [2.45, 2.75) is 51.1 Å². The third-order valence-electron chi connectivity index (χ3n) is 3.75. The van der Waals surface area contributed by atoms with Crippen molar-refractivity contribution in [2.24, 2.45) is 0 Å². The van der Waals surface area contributed by atoms with Crippen LogP contribution in [0.1, 0.15) is 44.2 Å². The molecule has 1 saturated carbocycles. The van der Waals surface area contributed by atoms with Crippen LogP contribution in [0.3, 0.4) is 0 Å². The Morgan fingerprint density at radius 2 is 2.50 bits per heavy atom. The number of carbonyl (C=O) groups is 1. The van der Waals surface area contributed by atoms with E-state index in [4.69, 9.17) is 0 Å². The third kappa shape index (κ3) is 2.41. The van der Waals surface area contributed by atoms with Gasteiger partial charge in [-0.05, 0) is 44.7 Å². The van der Waals surface area contributed by atoms with Crippen LogP contribution in [0.5, 0.6) is 0 Å². The van der Waals surface area contributed by atoms with Crippen molar-refractivity contribution in [2.75, 3.05) is 6.54 Å². The number of carboxylic acids is 1. The fraction of sp³-hybridized carbons (Fsp3) is 0.692. The number of hydrogen-bond donors (Lipinski definition) is 2. The molecule has 1 aliphatic rings. The SMILES string of the molecule is CCNC1(C(=O)O)CCCC(n2cc(C)cn2)C1. The number of aromatic nitrogens is 2. The zero-order valence-corrected chi connectivity index (χ0v) is 11.0. The Kier molecular flexibility index (Phi) is 3.71. The van der Waals surface area contributed by atoms with Crippen LogP contribution in [0, 0.1) is 6.92 Å².